The lowest BCUT2D eigenvalue weighted by molar-refractivity contribution is -0.140. The van der Waals surface area contributed by atoms with Crippen molar-refractivity contribution in [3.05, 3.63) is 0 Å². The van der Waals surface area contributed by atoms with Gasteiger partial charge in [-0.25, -0.2) is 8.42 Å². The molecule has 0 radical (unpaired) electrons. The molecule has 21 heavy (non-hydrogen) atoms. The van der Waals surface area contributed by atoms with Crippen LogP contribution in [0.5, 0.6) is 0 Å². The summed E-state index contributed by atoms with van der Waals surface area (Å²) in [5.41, 5.74) is 0.298. The van der Waals surface area contributed by atoms with Crippen molar-refractivity contribution < 1.29 is 18.3 Å². The van der Waals surface area contributed by atoms with E-state index < -0.39 is 15.8 Å². The number of rotatable bonds is 4. The lowest BCUT2D eigenvalue weighted by atomic mass is 9.70. The van der Waals surface area contributed by atoms with Gasteiger partial charge in [0.15, 0.2) is 9.84 Å². The van der Waals surface area contributed by atoms with Crippen molar-refractivity contribution in [2.24, 2.45) is 11.3 Å². The summed E-state index contributed by atoms with van der Waals surface area (Å²) in [4.78, 5) is 13.2. The highest BCUT2D eigenvalue weighted by Gasteiger charge is 2.41. The number of nitrogens with zero attached hydrogens (tertiary/aromatic N) is 1. The standard InChI is InChI=1S/C15H27NO4S/c1-11-8-15(2,3)6-4-13(11)16(9-14(17)18)12-5-7-21(19,20)10-12/h11-13H,4-10H2,1-3H3,(H,17,18). The van der Waals surface area contributed by atoms with Crippen LogP contribution in [0.3, 0.4) is 0 Å². The summed E-state index contributed by atoms with van der Waals surface area (Å²) in [6, 6.07) is 0.0622. The summed E-state index contributed by atoms with van der Waals surface area (Å²) in [5.74, 6) is -0.152. The van der Waals surface area contributed by atoms with Gasteiger partial charge in [-0.3, -0.25) is 9.69 Å². The summed E-state index contributed by atoms with van der Waals surface area (Å²) in [6.07, 6.45) is 3.66. The van der Waals surface area contributed by atoms with E-state index in [1.54, 1.807) is 0 Å². The molecule has 1 saturated heterocycles. The van der Waals surface area contributed by atoms with Crippen LogP contribution in [0.4, 0.5) is 0 Å². The molecule has 0 spiro atoms. The van der Waals surface area contributed by atoms with E-state index >= 15 is 0 Å². The molecule has 1 aliphatic carbocycles. The van der Waals surface area contributed by atoms with E-state index in [2.05, 4.69) is 20.8 Å². The predicted molar refractivity (Wildman–Crippen MR) is 82.0 cm³/mol. The second-order valence-electron chi connectivity index (χ2n) is 7.57. The zero-order chi connectivity index (χ0) is 15.8. The first kappa shape index (κ1) is 16.7. The Kier molecular flexibility index (Phi) is 4.69. The second kappa shape index (κ2) is 5.88. The number of aliphatic carboxylic acids is 1. The normalized spacial score (nSPS) is 35.0. The van der Waals surface area contributed by atoms with Crippen molar-refractivity contribution in [2.45, 2.75) is 58.5 Å². The zero-order valence-corrected chi connectivity index (χ0v) is 14.0. The van der Waals surface area contributed by atoms with E-state index in [0.29, 0.717) is 17.8 Å². The van der Waals surface area contributed by atoms with Crippen LogP contribution in [-0.2, 0) is 14.6 Å². The Bertz CT molecular complexity index is 500. The van der Waals surface area contributed by atoms with Crippen LogP contribution in [-0.4, -0.2) is 54.5 Å². The molecule has 3 atom stereocenters. The van der Waals surface area contributed by atoms with Gasteiger partial charge in [-0.15, -0.1) is 0 Å². The maximum atomic E-state index is 11.7. The van der Waals surface area contributed by atoms with Gasteiger partial charge in [0.25, 0.3) is 0 Å². The molecular weight excluding hydrogens is 290 g/mol. The number of carboxylic acids is 1. The minimum atomic E-state index is -2.99. The predicted octanol–water partition coefficient (Wildman–Crippen LogP) is 1.77. The molecule has 1 saturated carbocycles. The molecule has 5 nitrogen and oxygen atoms in total. The van der Waals surface area contributed by atoms with E-state index in [0.717, 1.165) is 19.3 Å². The van der Waals surface area contributed by atoms with Crippen LogP contribution in [0.2, 0.25) is 0 Å². The first-order valence-electron chi connectivity index (χ1n) is 7.78. The van der Waals surface area contributed by atoms with Gasteiger partial charge in [0.05, 0.1) is 18.1 Å². The Morgan fingerprint density at radius 3 is 2.48 bits per heavy atom. The topological polar surface area (TPSA) is 74.7 Å². The summed E-state index contributed by atoms with van der Waals surface area (Å²) in [7, 11) is -2.99. The lowest BCUT2D eigenvalue weighted by Gasteiger charge is -2.45. The molecule has 2 fully saturated rings. The molecule has 1 N–H and O–H groups in total. The highest BCUT2D eigenvalue weighted by Crippen LogP contribution is 2.41. The van der Waals surface area contributed by atoms with E-state index in [4.69, 9.17) is 0 Å². The van der Waals surface area contributed by atoms with Crippen LogP contribution in [0.1, 0.15) is 46.5 Å². The van der Waals surface area contributed by atoms with Crippen molar-refractivity contribution in [3.8, 4) is 0 Å². The van der Waals surface area contributed by atoms with Crippen molar-refractivity contribution in [1.29, 1.82) is 0 Å². The Morgan fingerprint density at radius 1 is 1.33 bits per heavy atom. The monoisotopic (exact) mass is 317 g/mol. The van der Waals surface area contributed by atoms with Gasteiger partial charge in [0.1, 0.15) is 0 Å². The molecule has 0 bridgehead atoms. The molecule has 1 aliphatic heterocycles. The van der Waals surface area contributed by atoms with Crippen molar-refractivity contribution in [3.63, 3.8) is 0 Å². The van der Waals surface area contributed by atoms with Gasteiger partial charge >= 0.3 is 5.97 Å². The number of carbonyl (C=O) groups is 1. The molecular formula is C15H27NO4S. The van der Waals surface area contributed by atoms with Crippen LogP contribution in [0, 0.1) is 11.3 Å². The average Bonchev–Trinajstić information content (AvgIpc) is 2.66. The molecule has 3 unspecified atom stereocenters. The largest absolute Gasteiger partial charge is 0.480 e. The Balaban J connectivity index is 2.15. The number of hydrogen-bond donors (Lipinski definition) is 1. The summed E-state index contributed by atoms with van der Waals surface area (Å²) >= 11 is 0. The molecule has 122 valence electrons. The van der Waals surface area contributed by atoms with Crippen LogP contribution < -0.4 is 0 Å². The third-order valence-corrected chi connectivity index (χ3v) is 6.82. The van der Waals surface area contributed by atoms with Crippen molar-refractivity contribution in [2.75, 3.05) is 18.1 Å². The van der Waals surface area contributed by atoms with E-state index in [1.807, 2.05) is 4.90 Å². The van der Waals surface area contributed by atoms with Gasteiger partial charge in [0, 0.05) is 12.1 Å². The third-order valence-electron chi connectivity index (χ3n) is 5.07. The number of hydrogen-bond acceptors (Lipinski definition) is 4. The third kappa shape index (κ3) is 4.19. The van der Waals surface area contributed by atoms with Crippen LogP contribution in [0.15, 0.2) is 0 Å². The summed E-state index contributed by atoms with van der Waals surface area (Å²) in [5, 5.41) is 9.20. The van der Waals surface area contributed by atoms with Crippen molar-refractivity contribution in [1.82, 2.24) is 4.90 Å². The molecule has 2 aliphatic rings. The Hall–Kier alpha value is -0.620. The fourth-order valence-electron chi connectivity index (χ4n) is 4.14. The molecule has 0 aromatic heterocycles. The zero-order valence-electron chi connectivity index (χ0n) is 13.2. The SMILES string of the molecule is CC1CC(C)(C)CCC1N(CC(=O)O)C1CCS(=O)(=O)C1. The quantitative estimate of drug-likeness (QED) is 0.855. The van der Waals surface area contributed by atoms with Gasteiger partial charge in [-0.2, -0.15) is 0 Å². The maximum absolute atomic E-state index is 11.7. The highest BCUT2D eigenvalue weighted by molar-refractivity contribution is 7.91. The number of carboxylic acid groups (broad SMARTS) is 1. The first-order chi connectivity index (χ1) is 9.60. The fourth-order valence-corrected chi connectivity index (χ4v) is 5.88. The number of sulfone groups is 1. The fraction of sp³-hybridized carbons (Fsp3) is 0.933. The first-order valence-corrected chi connectivity index (χ1v) is 9.60. The maximum Gasteiger partial charge on any atom is 0.317 e. The van der Waals surface area contributed by atoms with Crippen LogP contribution in [0.25, 0.3) is 0 Å². The van der Waals surface area contributed by atoms with Gasteiger partial charge in [0.2, 0.25) is 0 Å². The lowest BCUT2D eigenvalue weighted by Crippen LogP contribution is -2.51. The molecule has 0 aromatic carbocycles. The second-order valence-corrected chi connectivity index (χ2v) is 9.80. The summed E-state index contributed by atoms with van der Waals surface area (Å²) < 4.78 is 23.4. The summed E-state index contributed by atoms with van der Waals surface area (Å²) in [6.45, 7) is 6.63. The van der Waals surface area contributed by atoms with Crippen molar-refractivity contribution >= 4 is 15.8 Å². The average molecular weight is 317 g/mol. The Labute approximate surface area is 127 Å². The van der Waals surface area contributed by atoms with Gasteiger partial charge in [-0.1, -0.05) is 20.8 Å². The Morgan fingerprint density at radius 2 is 2.00 bits per heavy atom. The van der Waals surface area contributed by atoms with E-state index in [-0.39, 0.29) is 30.1 Å². The minimum Gasteiger partial charge on any atom is -0.480 e. The minimum absolute atomic E-state index is 0.0460. The molecule has 0 amide bonds. The molecule has 1 heterocycles. The van der Waals surface area contributed by atoms with Crippen LogP contribution >= 0.6 is 0 Å². The van der Waals surface area contributed by atoms with E-state index in [9.17, 15) is 18.3 Å². The van der Waals surface area contributed by atoms with Gasteiger partial charge < -0.3 is 5.11 Å². The molecule has 0 aromatic rings. The molecule has 6 heteroatoms. The molecule has 2 rings (SSSR count). The smallest absolute Gasteiger partial charge is 0.317 e. The van der Waals surface area contributed by atoms with Gasteiger partial charge in [-0.05, 0) is 37.0 Å². The highest BCUT2D eigenvalue weighted by atomic mass is 32.2. The van der Waals surface area contributed by atoms with E-state index in [1.165, 1.54) is 0 Å².